The van der Waals surface area contributed by atoms with Gasteiger partial charge in [0.05, 0.1) is 12.6 Å². The molecule has 3 heteroatoms. The van der Waals surface area contributed by atoms with E-state index in [9.17, 15) is 0 Å². The first-order chi connectivity index (χ1) is 3.93. The SMILES string of the molecule is C[N-]C1=NCCCO1. The highest BCUT2D eigenvalue weighted by Crippen LogP contribution is 1.98. The molecule has 0 amide bonds. The van der Waals surface area contributed by atoms with Gasteiger partial charge in [-0.2, -0.15) is 0 Å². The summed E-state index contributed by atoms with van der Waals surface area (Å²) in [5, 5.41) is 3.78. The Labute approximate surface area is 48.8 Å². The molecule has 1 rings (SSSR count). The van der Waals surface area contributed by atoms with Gasteiger partial charge in [-0.05, 0) is 13.0 Å². The van der Waals surface area contributed by atoms with Gasteiger partial charge in [-0.3, -0.25) is 0 Å². The van der Waals surface area contributed by atoms with Crippen molar-refractivity contribution in [2.75, 3.05) is 20.2 Å². The van der Waals surface area contributed by atoms with E-state index in [1.807, 2.05) is 0 Å². The first-order valence-electron chi connectivity index (χ1n) is 2.70. The minimum Gasteiger partial charge on any atom is -0.501 e. The molecule has 0 bridgehead atoms. The van der Waals surface area contributed by atoms with E-state index in [-0.39, 0.29) is 0 Å². The predicted octanol–water partition coefficient (Wildman–Crippen LogP) is 0.766. The lowest BCUT2D eigenvalue weighted by molar-refractivity contribution is 0.283. The molecule has 46 valence electrons. The van der Waals surface area contributed by atoms with Crippen LogP contribution in [0.3, 0.4) is 0 Å². The topological polar surface area (TPSA) is 35.7 Å². The number of rotatable bonds is 0. The molecule has 8 heavy (non-hydrogen) atoms. The van der Waals surface area contributed by atoms with Crippen LogP contribution in [0.1, 0.15) is 6.42 Å². The Morgan fingerprint density at radius 3 is 3.00 bits per heavy atom. The number of amidine groups is 1. The molecule has 3 nitrogen and oxygen atoms in total. The van der Waals surface area contributed by atoms with Crippen molar-refractivity contribution >= 4 is 6.02 Å². The average Bonchev–Trinajstić information content (AvgIpc) is 1.90. The van der Waals surface area contributed by atoms with Crippen LogP contribution in [0.5, 0.6) is 0 Å². The van der Waals surface area contributed by atoms with Gasteiger partial charge in [-0.15, -0.1) is 0 Å². The molecule has 0 aromatic heterocycles. The number of hydrogen-bond donors (Lipinski definition) is 0. The molecule has 0 aliphatic carbocycles. The standard InChI is InChI=1S/C5H9N2O/c1-6-5-7-3-2-4-8-5/h2-4H2,1H3/q-1. The molecule has 1 aliphatic heterocycles. The summed E-state index contributed by atoms with van der Waals surface area (Å²) in [6.07, 6.45) is 1.03. The van der Waals surface area contributed by atoms with Crippen molar-refractivity contribution in [1.82, 2.24) is 0 Å². The Balaban J connectivity index is 2.37. The molecule has 0 fully saturated rings. The average molecular weight is 113 g/mol. The molecule has 0 N–H and O–H groups in total. The molecule has 1 aliphatic rings. The summed E-state index contributed by atoms with van der Waals surface area (Å²) in [7, 11) is 1.68. The van der Waals surface area contributed by atoms with Gasteiger partial charge in [0, 0.05) is 0 Å². The molecule has 0 saturated carbocycles. The summed E-state index contributed by atoms with van der Waals surface area (Å²) in [5.41, 5.74) is 0. The zero-order valence-electron chi connectivity index (χ0n) is 4.92. The fraction of sp³-hybridized carbons (Fsp3) is 0.800. The van der Waals surface area contributed by atoms with Gasteiger partial charge in [-0.1, -0.05) is 7.05 Å². The molecule has 0 atom stereocenters. The van der Waals surface area contributed by atoms with Gasteiger partial charge in [0.2, 0.25) is 0 Å². The molecular formula is C5H9N2O-. The summed E-state index contributed by atoms with van der Waals surface area (Å²) < 4.78 is 5.01. The summed E-state index contributed by atoms with van der Waals surface area (Å²) in [5.74, 6) is 0. The fourth-order valence-electron chi connectivity index (χ4n) is 0.584. The summed E-state index contributed by atoms with van der Waals surface area (Å²) >= 11 is 0. The van der Waals surface area contributed by atoms with Crippen LogP contribution in [0.2, 0.25) is 0 Å². The molecular weight excluding hydrogens is 104 g/mol. The van der Waals surface area contributed by atoms with Crippen molar-refractivity contribution < 1.29 is 4.74 Å². The Morgan fingerprint density at radius 1 is 1.75 bits per heavy atom. The molecule has 0 unspecified atom stereocenters. The summed E-state index contributed by atoms with van der Waals surface area (Å²) in [4.78, 5) is 3.98. The maximum atomic E-state index is 5.01. The van der Waals surface area contributed by atoms with Crippen LogP contribution >= 0.6 is 0 Å². The van der Waals surface area contributed by atoms with Gasteiger partial charge >= 0.3 is 0 Å². The van der Waals surface area contributed by atoms with E-state index >= 15 is 0 Å². The Bertz CT molecular complexity index is 101. The smallest absolute Gasteiger partial charge is 0.0928 e. The molecule has 1 heterocycles. The third-order valence-electron chi connectivity index (χ3n) is 0.972. The predicted molar refractivity (Wildman–Crippen MR) is 32.2 cm³/mol. The lowest BCUT2D eigenvalue weighted by Gasteiger charge is -2.21. The Hall–Kier alpha value is -0.730. The van der Waals surface area contributed by atoms with Crippen molar-refractivity contribution in [3.05, 3.63) is 5.32 Å². The highest BCUT2D eigenvalue weighted by molar-refractivity contribution is 5.86. The third-order valence-corrected chi connectivity index (χ3v) is 0.972. The second-order valence-electron chi connectivity index (χ2n) is 1.59. The lowest BCUT2D eigenvalue weighted by atomic mass is 10.4. The minimum absolute atomic E-state index is 0.552. The largest absolute Gasteiger partial charge is 0.501 e. The first kappa shape index (κ1) is 5.41. The summed E-state index contributed by atoms with van der Waals surface area (Å²) in [6.45, 7) is 1.64. The van der Waals surface area contributed by atoms with E-state index in [4.69, 9.17) is 4.74 Å². The highest BCUT2D eigenvalue weighted by atomic mass is 16.5. The zero-order chi connectivity index (χ0) is 5.82. The van der Waals surface area contributed by atoms with Gasteiger partial charge in [0.1, 0.15) is 0 Å². The quantitative estimate of drug-likeness (QED) is 0.457. The molecule has 0 aromatic rings. The van der Waals surface area contributed by atoms with Crippen LogP contribution in [0.15, 0.2) is 4.99 Å². The van der Waals surface area contributed by atoms with E-state index in [0.717, 1.165) is 19.6 Å². The van der Waals surface area contributed by atoms with E-state index < -0.39 is 0 Å². The molecule has 0 aromatic carbocycles. The van der Waals surface area contributed by atoms with Crippen molar-refractivity contribution in [3.8, 4) is 0 Å². The van der Waals surface area contributed by atoms with Crippen LogP contribution in [-0.4, -0.2) is 26.2 Å². The van der Waals surface area contributed by atoms with Crippen LogP contribution in [0, 0.1) is 0 Å². The van der Waals surface area contributed by atoms with Crippen molar-refractivity contribution in [2.24, 2.45) is 4.99 Å². The lowest BCUT2D eigenvalue weighted by Crippen LogP contribution is -2.11. The maximum absolute atomic E-state index is 5.01. The normalized spacial score (nSPS) is 18.9. The monoisotopic (exact) mass is 113 g/mol. The van der Waals surface area contributed by atoms with Crippen LogP contribution < -0.4 is 0 Å². The second kappa shape index (κ2) is 2.55. The van der Waals surface area contributed by atoms with Crippen molar-refractivity contribution in [2.45, 2.75) is 6.42 Å². The number of nitrogens with zero attached hydrogens (tertiary/aromatic N) is 2. The molecule has 0 radical (unpaired) electrons. The minimum atomic E-state index is 0.552. The molecule has 0 spiro atoms. The van der Waals surface area contributed by atoms with Gasteiger partial charge < -0.3 is 15.0 Å². The second-order valence-corrected chi connectivity index (χ2v) is 1.59. The van der Waals surface area contributed by atoms with Gasteiger partial charge in [0.15, 0.2) is 0 Å². The van der Waals surface area contributed by atoms with E-state index in [1.54, 1.807) is 7.05 Å². The van der Waals surface area contributed by atoms with E-state index in [0.29, 0.717) is 6.02 Å². The molecule has 0 saturated heterocycles. The van der Waals surface area contributed by atoms with Crippen molar-refractivity contribution in [3.63, 3.8) is 0 Å². The number of aliphatic imine (C=N–C) groups is 1. The van der Waals surface area contributed by atoms with Crippen molar-refractivity contribution in [1.29, 1.82) is 0 Å². The highest BCUT2D eigenvalue weighted by Gasteiger charge is 1.91. The maximum Gasteiger partial charge on any atom is 0.0928 e. The first-order valence-corrected chi connectivity index (χ1v) is 2.70. The van der Waals surface area contributed by atoms with E-state index in [2.05, 4.69) is 10.3 Å². The Kier molecular flexibility index (Phi) is 1.72. The number of hydrogen-bond acceptors (Lipinski definition) is 2. The summed E-state index contributed by atoms with van der Waals surface area (Å²) in [6, 6.07) is 0.552. The third kappa shape index (κ3) is 1.12. The van der Waals surface area contributed by atoms with Crippen LogP contribution in [0.25, 0.3) is 5.32 Å². The number of ether oxygens (including phenoxy) is 1. The zero-order valence-corrected chi connectivity index (χ0v) is 4.92. The fourth-order valence-corrected chi connectivity index (χ4v) is 0.584. The van der Waals surface area contributed by atoms with Crippen LogP contribution in [-0.2, 0) is 4.74 Å². The van der Waals surface area contributed by atoms with E-state index in [1.165, 1.54) is 0 Å². The Morgan fingerprint density at radius 2 is 2.62 bits per heavy atom. The van der Waals surface area contributed by atoms with Gasteiger partial charge in [-0.25, -0.2) is 0 Å². The van der Waals surface area contributed by atoms with Gasteiger partial charge in [0.25, 0.3) is 0 Å². The van der Waals surface area contributed by atoms with Crippen LogP contribution in [0.4, 0.5) is 0 Å².